The second-order valence-electron chi connectivity index (χ2n) is 3.50. The predicted octanol–water partition coefficient (Wildman–Crippen LogP) is 3.56. The van der Waals surface area contributed by atoms with E-state index in [9.17, 15) is 13.2 Å². The van der Waals surface area contributed by atoms with Crippen molar-refractivity contribution in [3.05, 3.63) is 60.2 Å². The van der Waals surface area contributed by atoms with Gasteiger partial charge < -0.3 is 11.5 Å². The fourth-order valence-corrected chi connectivity index (χ4v) is 1.21. The first-order valence-corrected chi connectivity index (χ1v) is 5.13. The van der Waals surface area contributed by atoms with Gasteiger partial charge in [0.1, 0.15) is 0 Å². The molecule has 0 atom stereocenters. The van der Waals surface area contributed by atoms with Crippen LogP contribution in [-0.4, -0.2) is 0 Å². The van der Waals surface area contributed by atoms with Crippen molar-refractivity contribution in [2.75, 3.05) is 11.5 Å². The van der Waals surface area contributed by atoms with Crippen LogP contribution in [0.2, 0.25) is 0 Å². The van der Waals surface area contributed by atoms with Gasteiger partial charge >= 0.3 is 6.18 Å². The predicted molar refractivity (Wildman–Crippen MR) is 66.7 cm³/mol. The van der Waals surface area contributed by atoms with Crippen LogP contribution in [-0.2, 0) is 6.18 Å². The van der Waals surface area contributed by atoms with E-state index in [1.165, 1.54) is 18.2 Å². The van der Waals surface area contributed by atoms with Gasteiger partial charge in [0.05, 0.1) is 5.56 Å². The highest BCUT2D eigenvalue weighted by molar-refractivity contribution is 5.47. The fraction of sp³-hybridized carbons (Fsp3) is 0.0769. The monoisotopic (exact) mass is 254 g/mol. The molecule has 0 saturated carbocycles. The van der Waals surface area contributed by atoms with Gasteiger partial charge in [0.25, 0.3) is 0 Å². The molecule has 0 saturated heterocycles. The Labute approximate surface area is 103 Å². The van der Waals surface area contributed by atoms with Gasteiger partial charge in [-0.15, -0.1) is 0 Å². The van der Waals surface area contributed by atoms with E-state index in [0.717, 1.165) is 11.8 Å². The number of hydrogen-bond donors (Lipinski definition) is 2. The lowest BCUT2D eigenvalue weighted by Crippen LogP contribution is -2.07. The van der Waals surface area contributed by atoms with Gasteiger partial charge in [-0.1, -0.05) is 30.3 Å². The maximum atomic E-state index is 12.0. The molecule has 0 unspecified atom stereocenters. The Balaban J connectivity index is 0.000000199. The highest BCUT2D eigenvalue weighted by Gasteiger charge is 2.32. The molecule has 2 nitrogen and oxygen atoms in total. The van der Waals surface area contributed by atoms with Gasteiger partial charge in [0.15, 0.2) is 0 Å². The Morgan fingerprint density at radius 3 is 1.56 bits per heavy atom. The molecule has 0 bridgehead atoms. The lowest BCUT2D eigenvalue weighted by atomic mass is 10.2. The third-order valence-corrected chi connectivity index (χ3v) is 2.07. The minimum Gasteiger partial charge on any atom is -0.399 e. The summed E-state index contributed by atoms with van der Waals surface area (Å²) in [7, 11) is 0. The molecule has 0 heterocycles. The number of halogens is 3. The molecule has 0 fully saturated rings. The minimum absolute atomic E-state index is 0.236. The molecule has 2 aromatic carbocycles. The molecule has 0 radical (unpaired) electrons. The summed E-state index contributed by atoms with van der Waals surface area (Å²) in [6, 6.07) is 14.4. The van der Waals surface area contributed by atoms with Crippen molar-refractivity contribution < 1.29 is 13.2 Å². The maximum Gasteiger partial charge on any atom is 0.418 e. The van der Waals surface area contributed by atoms with Crippen molar-refractivity contribution in [1.82, 2.24) is 0 Å². The van der Waals surface area contributed by atoms with Crippen LogP contribution in [0.15, 0.2) is 54.6 Å². The van der Waals surface area contributed by atoms with Crippen LogP contribution in [0.25, 0.3) is 0 Å². The Hall–Kier alpha value is -2.17. The summed E-state index contributed by atoms with van der Waals surface area (Å²) < 4.78 is 35.9. The Morgan fingerprint density at radius 1 is 0.722 bits per heavy atom. The molecule has 4 N–H and O–H groups in total. The van der Waals surface area contributed by atoms with E-state index in [1.807, 2.05) is 30.3 Å². The van der Waals surface area contributed by atoms with E-state index in [-0.39, 0.29) is 5.69 Å². The number of rotatable bonds is 0. The average Bonchev–Trinajstić information content (AvgIpc) is 2.30. The normalized spacial score (nSPS) is 10.4. The first kappa shape index (κ1) is 13.9. The zero-order valence-electron chi connectivity index (χ0n) is 9.48. The molecule has 0 amide bonds. The number of para-hydroxylation sites is 2. The van der Waals surface area contributed by atoms with E-state index in [0.29, 0.717) is 0 Å². The third kappa shape index (κ3) is 4.37. The van der Waals surface area contributed by atoms with Crippen LogP contribution in [0, 0.1) is 0 Å². The van der Waals surface area contributed by atoms with Crippen molar-refractivity contribution in [3.8, 4) is 0 Å². The van der Waals surface area contributed by atoms with Gasteiger partial charge in [-0.3, -0.25) is 0 Å². The summed E-state index contributed by atoms with van der Waals surface area (Å²) in [5, 5.41) is 0. The van der Waals surface area contributed by atoms with Crippen molar-refractivity contribution in [2.24, 2.45) is 0 Å². The van der Waals surface area contributed by atoms with Gasteiger partial charge in [-0.25, -0.2) is 0 Å². The number of nitrogens with two attached hydrogens (primary N) is 2. The fourth-order valence-electron chi connectivity index (χ4n) is 1.21. The standard InChI is InChI=1S/C7H6F3N.C6H7N/c8-7(9,10)5-3-1-2-4-6(5)11;7-6-4-2-1-3-5-6/h1-4H,11H2;1-5H,7H2. The molecule has 96 valence electrons. The maximum absolute atomic E-state index is 12.0. The second kappa shape index (κ2) is 5.95. The first-order chi connectivity index (χ1) is 8.41. The Bertz CT molecular complexity index is 481. The lowest BCUT2D eigenvalue weighted by Gasteiger charge is -2.07. The molecule has 0 aliphatic rings. The van der Waals surface area contributed by atoms with Gasteiger partial charge in [0, 0.05) is 11.4 Å². The average molecular weight is 254 g/mol. The van der Waals surface area contributed by atoms with E-state index in [4.69, 9.17) is 11.5 Å². The Kier molecular flexibility index (Phi) is 4.59. The molecule has 18 heavy (non-hydrogen) atoms. The number of hydrogen-bond acceptors (Lipinski definition) is 2. The van der Waals surface area contributed by atoms with Crippen LogP contribution in [0.5, 0.6) is 0 Å². The summed E-state index contributed by atoms with van der Waals surface area (Å²) in [6.45, 7) is 0. The van der Waals surface area contributed by atoms with E-state index in [2.05, 4.69) is 0 Å². The molecule has 0 aliphatic heterocycles. The van der Waals surface area contributed by atoms with E-state index >= 15 is 0 Å². The number of benzene rings is 2. The lowest BCUT2D eigenvalue weighted by molar-refractivity contribution is -0.136. The first-order valence-electron chi connectivity index (χ1n) is 5.13. The largest absolute Gasteiger partial charge is 0.418 e. The van der Waals surface area contributed by atoms with Crippen LogP contribution in [0.4, 0.5) is 24.5 Å². The summed E-state index contributed by atoms with van der Waals surface area (Å²) in [4.78, 5) is 0. The highest BCUT2D eigenvalue weighted by atomic mass is 19.4. The molecule has 5 heteroatoms. The van der Waals surface area contributed by atoms with Crippen LogP contribution in [0.3, 0.4) is 0 Å². The summed E-state index contributed by atoms with van der Waals surface area (Å²) in [6.07, 6.45) is -4.34. The molecular formula is C13H13F3N2. The molecule has 2 rings (SSSR count). The zero-order valence-corrected chi connectivity index (χ0v) is 9.48. The summed E-state index contributed by atoms with van der Waals surface area (Å²) in [5.41, 5.74) is 10.3. The minimum atomic E-state index is -4.34. The molecule has 0 aromatic heterocycles. The van der Waals surface area contributed by atoms with Crippen molar-refractivity contribution in [2.45, 2.75) is 6.18 Å². The van der Waals surface area contributed by atoms with Crippen molar-refractivity contribution in [1.29, 1.82) is 0 Å². The van der Waals surface area contributed by atoms with E-state index in [1.54, 1.807) is 0 Å². The van der Waals surface area contributed by atoms with Crippen molar-refractivity contribution >= 4 is 11.4 Å². The number of nitrogen functional groups attached to an aromatic ring is 2. The summed E-state index contributed by atoms with van der Waals surface area (Å²) >= 11 is 0. The van der Waals surface area contributed by atoms with Gasteiger partial charge in [-0.05, 0) is 24.3 Å². The number of alkyl halides is 3. The quantitative estimate of drug-likeness (QED) is 0.706. The third-order valence-electron chi connectivity index (χ3n) is 2.07. The van der Waals surface area contributed by atoms with Crippen molar-refractivity contribution in [3.63, 3.8) is 0 Å². The summed E-state index contributed by atoms with van der Waals surface area (Å²) in [5.74, 6) is 0. The van der Waals surface area contributed by atoms with Gasteiger partial charge in [-0.2, -0.15) is 13.2 Å². The molecule has 2 aromatic rings. The molecule has 0 aliphatic carbocycles. The van der Waals surface area contributed by atoms with Crippen LogP contribution >= 0.6 is 0 Å². The van der Waals surface area contributed by atoms with Crippen LogP contribution in [0.1, 0.15) is 5.56 Å². The second-order valence-corrected chi connectivity index (χ2v) is 3.50. The SMILES string of the molecule is Nc1ccccc1.Nc1ccccc1C(F)(F)F. The smallest absolute Gasteiger partial charge is 0.399 e. The zero-order chi connectivity index (χ0) is 13.6. The topological polar surface area (TPSA) is 52.0 Å². The highest BCUT2D eigenvalue weighted by Crippen LogP contribution is 2.32. The Morgan fingerprint density at radius 2 is 1.22 bits per heavy atom. The van der Waals surface area contributed by atoms with E-state index < -0.39 is 11.7 Å². The molecular weight excluding hydrogens is 241 g/mol. The van der Waals surface area contributed by atoms with Crippen LogP contribution < -0.4 is 11.5 Å². The van der Waals surface area contributed by atoms with Gasteiger partial charge in [0.2, 0.25) is 0 Å². The molecule has 0 spiro atoms. The number of anilines is 2.